The van der Waals surface area contributed by atoms with Crippen LogP contribution in [0.25, 0.3) is 5.69 Å². The maximum Gasteiger partial charge on any atom is 0.274 e. The molecule has 5 nitrogen and oxygen atoms in total. The molecule has 1 N–H and O–H groups in total. The number of hydrogen-bond donors (Lipinski definition) is 1. The van der Waals surface area contributed by atoms with Gasteiger partial charge in [-0.15, -0.1) is 0 Å². The maximum atomic E-state index is 12.5. The molecule has 1 fully saturated rings. The van der Waals surface area contributed by atoms with Gasteiger partial charge in [0.2, 0.25) is 0 Å². The Morgan fingerprint density at radius 3 is 2.68 bits per heavy atom. The lowest BCUT2D eigenvalue weighted by Crippen LogP contribution is -2.40. The van der Waals surface area contributed by atoms with Gasteiger partial charge < -0.3 is 10.0 Å². The first kappa shape index (κ1) is 15.1. The summed E-state index contributed by atoms with van der Waals surface area (Å²) in [4.78, 5) is 14.3. The second kappa shape index (κ2) is 6.10. The topological polar surface area (TPSA) is 58.4 Å². The quantitative estimate of drug-likeness (QED) is 0.925. The summed E-state index contributed by atoms with van der Waals surface area (Å²) in [5.41, 5.74) is 2.03. The van der Waals surface area contributed by atoms with Crippen LogP contribution < -0.4 is 0 Å². The van der Waals surface area contributed by atoms with Crippen LogP contribution in [0.1, 0.15) is 29.0 Å². The molecule has 1 aromatic carbocycles. The number of carbonyl (C=O) groups excluding carboxylic acids is 1. The van der Waals surface area contributed by atoms with Crippen molar-refractivity contribution in [3.8, 4) is 5.69 Å². The van der Waals surface area contributed by atoms with Gasteiger partial charge in [0.05, 0.1) is 16.8 Å². The lowest BCUT2D eigenvalue weighted by atomic mass is 10.1. The van der Waals surface area contributed by atoms with Gasteiger partial charge in [-0.3, -0.25) is 4.79 Å². The molecule has 0 unspecified atom stereocenters. The summed E-state index contributed by atoms with van der Waals surface area (Å²) in [6.07, 6.45) is 0.942. The summed E-state index contributed by atoms with van der Waals surface area (Å²) < 4.78 is 1.69. The zero-order chi connectivity index (χ0) is 15.7. The molecule has 0 bridgehead atoms. The predicted octanol–water partition coefficient (Wildman–Crippen LogP) is 2.43. The Balaban J connectivity index is 1.86. The fraction of sp³-hybridized carbons (Fsp3) is 0.375. The maximum absolute atomic E-state index is 12.5. The summed E-state index contributed by atoms with van der Waals surface area (Å²) >= 11 is 6.20. The average Bonchev–Trinajstić information content (AvgIpc) is 2.90. The van der Waals surface area contributed by atoms with E-state index in [2.05, 4.69) is 5.10 Å². The fourth-order valence-corrected chi connectivity index (χ4v) is 2.89. The van der Waals surface area contributed by atoms with E-state index in [4.69, 9.17) is 11.6 Å². The number of piperidine rings is 1. The number of carbonyl (C=O) groups is 1. The molecule has 1 aromatic heterocycles. The highest BCUT2D eigenvalue weighted by Crippen LogP contribution is 2.22. The Morgan fingerprint density at radius 2 is 2.00 bits per heavy atom. The normalized spacial score (nSPS) is 16.0. The van der Waals surface area contributed by atoms with Crippen molar-refractivity contribution < 1.29 is 9.90 Å². The van der Waals surface area contributed by atoms with Crippen molar-refractivity contribution in [2.45, 2.75) is 25.9 Å². The summed E-state index contributed by atoms with van der Waals surface area (Å²) in [5, 5.41) is 14.5. The fourth-order valence-electron chi connectivity index (χ4n) is 2.68. The van der Waals surface area contributed by atoms with Crippen LogP contribution in [-0.2, 0) is 0 Å². The number of hydrogen-bond acceptors (Lipinski definition) is 3. The molecule has 2 aromatic rings. The Kier molecular flexibility index (Phi) is 4.18. The minimum atomic E-state index is -0.300. The van der Waals surface area contributed by atoms with Crippen molar-refractivity contribution >= 4 is 17.5 Å². The van der Waals surface area contributed by atoms with E-state index in [1.165, 1.54) is 0 Å². The second-order valence-corrected chi connectivity index (χ2v) is 5.96. The average molecular weight is 320 g/mol. The number of aliphatic hydroxyl groups is 1. The third-order valence-electron chi connectivity index (χ3n) is 3.94. The molecule has 0 radical (unpaired) electrons. The van der Waals surface area contributed by atoms with Gasteiger partial charge in [0.15, 0.2) is 5.69 Å². The number of halogens is 1. The monoisotopic (exact) mass is 319 g/mol. The Bertz CT molecular complexity index is 690. The molecule has 116 valence electrons. The highest BCUT2D eigenvalue weighted by atomic mass is 35.5. The number of aromatic nitrogens is 2. The van der Waals surface area contributed by atoms with E-state index in [1.54, 1.807) is 21.7 Å². The Morgan fingerprint density at radius 1 is 1.32 bits per heavy atom. The molecule has 1 aliphatic rings. The Labute approximate surface area is 134 Å². The van der Waals surface area contributed by atoms with E-state index in [9.17, 15) is 9.90 Å². The smallest absolute Gasteiger partial charge is 0.274 e. The van der Waals surface area contributed by atoms with Crippen LogP contribution >= 0.6 is 11.6 Å². The predicted molar refractivity (Wildman–Crippen MR) is 84.5 cm³/mol. The molecule has 2 heterocycles. The SMILES string of the molecule is Cc1cc(C(=O)N2CCC(O)CC2)nn1-c1ccccc1Cl. The first-order chi connectivity index (χ1) is 10.6. The molecule has 0 atom stereocenters. The lowest BCUT2D eigenvalue weighted by molar-refractivity contribution is 0.0541. The van der Waals surface area contributed by atoms with Crippen LogP contribution in [0.3, 0.4) is 0 Å². The molecule has 1 saturated heterocycles. The summed E-state index contributed by atoms with van der Waals surface area (Å²) in [6.45, 7) is 3.03. The molecule has 1 aliphatic heterocycles. The van der Waals surface area contributed by atoms with Gasteiger partial charge >= 0.3 is 0 Å². The zero-order valence-corrected chi connectivity index (χ0v) is 13.1. The van der Waals surface area contributed by atoms with Gasteiger partial charge in [0.25, 0.3) is 5.91 Å². The summed E-state index contributed by atoms with van der Waals surface area (Å²) in [6, 6.07) is 9.18. The number of benzene rings is 1. The van der Waals surface area contributed by atoms with Gasteiger partial charge in [-0.1, -0.05) is 23.7 Å². The highest BCUT2D eigenvalue weighted by molar-refractivity contribution is 6.32. The summed E-state index contributed by atoms with van der Waals surface area (Å²) in [5.74, 6) is -0.0965. The molecule has 6 heteroatoms. The molecule has 0 saturated carbocycles. The van der Waals surface area contributed by atoms with E-state index in [0.717, 1.165) is 11.4 Å². The van der Waals surface area contributed by atoms with Gasteiger partial charge in [0.1, 0.15) is 0 Å². The summed E-state index contributed by atoms with van der Waals surface area (Å²) in [7, 11) is 0. The zero-order valence-electron chi connectivity index (χ0n) is 12.4. The third kappa shape index (κ3) is 2.87. The van der Waals surface area contributed by atoms with Gasteiger partial charge in [0, 0.05) is 18.8 Å². The number of para-hydroxylation sites is 1. The van der Waals surface area contributed by atoms with Crippen LogP contribution in [0.15, 0.2) is 30.3 Å². The van der Waals surface area contributed by atoms with Crippen LogP contribution in [-0.4, -0.2) is 44.9 Å². The van der Waals surface area contributed by atoms with E-state index in [1.807, 2.05) is 25.1 Å². The van der Waals surface area contributed by atoms with Gasteiger partial charge in [-0.25, -0.2) is 4.68 Å². The number of aliphatic hydroxyl groups excluding tert-OH is 1. The molecule has 22 heavy (non-hydrogen) atoms. The Hall–Kier alpha value is -1.85. The minimum absolute atomic E-state index is 0.0965. The van der Waals surface area contributed by atoms with E-state index in [0.29, 0.717) is 36.6 Å². The number of aryl methyl sites for hydroxylation is 1. The van der Waals surface area contributed by atoms with Gasteiger partial charge in [-0.05, 0) is 38.0 Å². The molecular formula is C16H18ClN3O2. The van der Waals surface area contributed by atoms with E-state index < -0.39 is 0 Å². The standard InChI is InChI=1S/C16H18ClN3O2/c1-11-10-14(16(22)19-8-6-12(21)7-9-19)18-20(11)15-5-3-2-4-13(15)17/h2-5,10,12,21H,6-9H2,1H3. The van der Waals surface area contributed by atoms with Crippen molar-refractivity contribution in [2.75, 3.05) is 13.1 Å². The first-order valence-electron chi connectivity index (χ1n) is 7.35. The van der Waals surface area contributed by atoms with E-state index in [-0.39, 0.29) is 12.0 Å². The van der Waals surface area contributed by atoms with Crippen molar-refractivity contribution in [3.63, 3.8) is 0 Å². The molecular weight excluding hydrogens is 302 g/mol. The number of rotatable bonds is 2. The number of likely N-dealkylation sites (tertiary alicyclic amines) is 1. The van der Waals surface area contributed by atoms with Crippen molar-refractivity contribution in [1.82, 2.24) is 14.7 Å². The number of amides is 1. The molecule has 1 amide bonds. The van der Waals surface area contributed by atoms with Crippen molar-refractivity contribution in [2.24, 2.45) is 0 Å². The molecule has 0 spiro atoms. The van der Waals surface area contributed by atoms with Gasteiger partial charge in [-0.2, -0.15) is 5.10 Å². The third-order valence-corrected chi connectivity index (χ3v) is 4.26. The van der Waals surface area contributed by atoms with Crippen LogP contribution in [0, 0.1) is 6.92 Å². The highest BCUT2D eigenvalue weighted by Gasteiger charge is 2.24. The largest absolute Gasteiger partial charge is 0.393 e. The first-order valence-corrected chi connectivity index (χ1v) is 7.73. The molecule has 0 aliphatic carbocycles. The lowest BCUT2D eigenvalue weighted by Gasteiger charge is -2.28. The second-order valence-electron chi connectivity index (χ2n) is 5.56. The van der Waals surface area contributed by atoms with Crippen molar-refractivity contribution in [1.29, 1.82) is 0 Å². The number of nitrogens with zero attached hydrogens (tertiary/aromatic N) is 3. The van der Waals surface area contributed by atoms with E-state index >= 15 is 0 Å². The van der Waals surface area contributed by atoms with Crippen LogP contribution in [0.2, 0.25) is 5.02 Å². The minimum Gasteiger partial charge on any atom is -0.393 e. The van der Waals surface area contributed by atoms with Crippen molar-refractivity contribution in [3.05, 3.63) is 46.7 Å². The molecule has 3 rings (SSSR count). The van der Waals surface area contributed by atoms with Crippen LogP contribution in [0.4, 0.5) is 0 Å². The van der Waals surface area contributed by atoms with Crippen LogP contribution in [0.5, 0.6) is 0 Å².